The van der Waals surface area contributed by atoms with Crippen molar-refractivity contribution < 1.29 is 18.0 Å². The van der Waals surface area contributed by atoms with Gasteiger partial charge in [0, 0.05) is 5.75 Å². The highest BCUT2D eigenvalue weighted by molar-refractivity contribution is 7.99. The standard InChI is InChI=1S/C11H9F3N2OS/c12-11(13,14)6-1-2-8-7(3-6)15-10(17)9-4-18-5-16(8)9/h1-3,9H,4-5H2,(H,15,17)/t9-/m1/s1. The summed E-state index contributed by atoms with van der Waals surface area (Å²) in [5.74, 6) is 1.08. The minimum Gasteiger partial charge on any atom is -0.348 e. The van der Waals surface area contributed by atoms with Crippen molar-refractivity contribution >= 4 is 29.0 Å². The fourth-order valence-corrected chi connectivity index (χ4v) is 3.35. The second-order valence-corrected chi connectivity index (χ2v) is 5.20. The van der Waals surface area contributed by atoms with Gasteiger partial charge in [0.05, 0.1) is 22.8 Å². The van der Waals surface area contributed by atoms with Crippen molar-refractivity contribution in [1.82, 2.24) is 0 Å². The van der Waals surface area contributed by atoms with E-state index in [0.29, 0.717) is 17.3 Å². The van der Waals surface area contributed by atoms with Gasteiger partial charge in [-0.2, -0.15) is 13.2 Å². The normalized spacial score (nSPS) is 22.5. The lowest BCUT2D eigenvalue weighted by molar-refractivity contribution is -0.137. The van der Waals surface area contributed by atoms with Crippen molar-refractivity contribution in [3.63, 3.8) is 0 Å². The molecule has 1 fully saturated rings. The summed E-state index contributed by atoms with van der Waals surface area (Å²) in [4.78, 5) is 13.6. The van der Waals surface area contributed by atoms with Crippen LogP contribution in [-0.4, -0.2) is 23.6 Å². The number of anilines is 2. The van der Waals surface area contributed by atoms with E-state index < -0.39 is 11.7 Å². The summed E-state index contributed by atoms with van der Waals surface area (Å²) >= 11 is 1.60. The average Bonchev–Trinajstić information content (AvgIpc) is 2.77. The van der Waals surface area contributed by atoms with E-state index in [-0.39, 0.29) is 17.6 Å². The van der Waals surface area contributed by atoms with Gasteiger partial charge in [-0.25, -0.2) is 0 Å². The van der Waals surface area contributed by atoms with Crippen LogP contribution in [0.2, 0.25) is 0 Å². The smallest absolute Gasteiger partial charge is 0.348 e. The second kappa shape index (κ2) is 3.81. The number of nitrogens with one attached hydrogen (secondary N) is 1. The fraction of sp³-hybridized carbons (Fsp3) is 0.364. The third-order valence-electron chi connectivity index (χ3n) is 3.08. The number of amides is 1. The van der Waals surface area contributed by atoms with Crippen LogP contribution in [0.3, 0.4) is 0 Å². The number of hydrogen-bond donors (Lipinski definition) is 1. The molecule has 1 atom stereocenters. The molecule has 3 rings (SSSR count). The zero-order chi connectivity index (χ0) is 12.9. The molecule has 1 amide bonds. The van der Waals surface area contributed by atoms with Crippen LogP contribution in [0.25, 0.3) is 0 Å². The number of nitrogens with zero attached hydrogens (tertiary/aromatic N) is 1. The highest BCUT2D eigenvalue weighted by atomic mass is 32.2. The van der Waals surface area contributed by atoms with E-state index in [1.807, 2.05) is 4.90 Å². The average molecular weight is 274 g/mol. The first kappa shape index (κ1) is 11.7. The van der Waals surface area contributed by atoms with Gasteiger partial charge in [0.15, 0.2) is 0 Å². The van der Waals surface area contributed by atoms with Gasteiger partial charge < -0.3 is 10.2 Å². The molecule has 0 saturated carbocycles. The number of fused-ring (bicyclic) bond motifs is 3. The molecule has 96 valence electrons. The van der Waals surface area contributed by atoms with Gasteiger partial charge >= 0.3 is 6.18 Å². The first-order valence-corrected chi connectivity index (χ1v) is 6.49. The van der Waals surface area contributed by atoms with Crippen LogP contribution < -0.4 is 10.2 Å². The monoisotopic (exact) mass is 274 g/mol. The molecule has 1 aromatic carbocycles. The number of rotatable bonds is 0. The van der Waals surface area contributed by atoms with Crippen molar-refractivity contribution in [3.05, 3.63) is 23.8 Å². The quantitative estimate of drug-likeness (QED) is 0.789. The lowest BCUT2D eigenvalue weighted by Gasteiger charge is -2.32. The van der Waals surface area contributed by atoms with Gasteiger partial charge in [-0.3, -0.25) is 4.79 Å². The second-order valence-electron chi connectivity index (χ2n) is 4.20. The lowest BCUT2D eigenvalue weighted by atomic mass is 10.1. The molecule has 18 heavy (non-hydrogen) atoms. The summed E-state index contributed by atoms with van der Waals surface area (Å²) in [5.41, 5.74) is 0.165. The van der Waals surface area contributed by atoms with Gasteiger partial charge in [-0.15, -0.1) is 11.8 Å². The third kappa shape index (κ3) is 1.73. The first-order chi connectivity index (χ1) is 8.47. The molecule has 2 aliphatic rings. The van der Waals surface area contributed by atoms with Crippen LogP contribution in [0.5, 0.6) is 0 Å². The predicted octanol–water partition coefficient (Wildman–Crippen LogP) is 2.54. The fourth-order valence-electron chi connectivity index (χ4n) is 2.18. The van der Waals surface area contributed by atoms with E-state index in [4.69, 9.17) is 0 Å². The van der Waals surface area contributed by atoms with Crippen molar-refractivity contribution in [2.45, 2.75) is 12.2 Å². The van der Waals surface area contributed by atoms with E-state index in [1.165, 1.54) is 6.07 Å². The van der Waals surface area contributed by atoms with Gasteiger partial charge in [0.2, 0.25) is 5.91 Å². The third-order valence-corrected chi connectivity index (χ3v) is 4.09. The maximum Gasteiger partial charge on any atom is 0.416 e. The molecule has 1 aromatic rings. The Morgan fingerprint density at radius 1 is 1.39 bits per heavy atom. The molecular formula is C11H9F3N2OS. The zero-order valence-corrected chi connectivity index (χ0v) is 9.94. The van der Waals surface area contributed by atoms with Crippen molar-refractivity contribution in [3.8, 4) is 0 Å². The van der Waals surface area contributed by atoms with E-state index >= 15 is 0 Å². The molecule has 2 heterocycles. The molecule has 2 aliphatic heterocycles. The molecule has 3 nitrogen and oxygen atoms in total. The van der Waals surface area contributed by atoms with Crippen molar-refractivity contribution in [2.75, 3.05) is 21.8 Å². The van der Waals surface area contributed by atoms with Gasteiger partial charge in [0.1, 0.15) is 6.04 Å². The van der Waals surface area contributed by atoms with E-state index in [2.05, 4.69) is 5.32 Å². The number of alkyl halides is 3. The van der Waals surface area contributed by atoms with E-state index in [1.54, 1.807) is 11.8 Å². The van der Waals surface area contributed by atoms with Crippen LogP contribution in [0, 0.1) is 0 Å². The molecule has 0 unspecified atom stereocenters. The summed E-state index contributed by atoms with van der Waals surface area (Å²) in [6, 6.07) is 3.21. The van der Waals surface area contributed by atoms with E-state index in [0.717, 1.165) is 12.1 Å². The van der Waals surface area contributed by atoms with Crippen molar-refractivity contribution in [2.24, 2.45) is 0 Å². The number of thioether (sulfide) groups is 1. The molecule has 0 spiro atoms. The number of hydrogen-bond acceptors (Lipinski definition) is 3. The summed E-state index contributed by atoms with van der Waals surface area (Å²) in [5, 5.41) is 2.55. The number of carbonyl (C=O) groups is 1. The zero-order valence-electron chi connectivity index (χ0n) is 9.12. The number of benzene rings is 1. The molecule has 0 aromatic heterocycles. The van der Waals surface area contributed by atoms with Crippen LogP contribution >= 0.6 is 11.8 Å². The molecule has 1 saturated heterocycles. The Morgan fingerprint density at radius 3 is 2.89 bits per heavy atom. The Morgan fingerprint density at radius 2 is 2.17 bits per heavy atom. The summed E-state index contributed by atoms with van der Waals surface area (Å²) in [6.07, 6.45) is -4.39. The minimum atomic E-state index is -4.39. The topological polar surface area (TPSA) is 32.3 Å². The largest absolute Gasteiger partial charge is 0.416 e. The summed E-state index contributed by atoms with van der Waals surface area (Å²) in [7, 11) is 0. The summed E-state index contributed by atoms with van der Waals surface area (Å²) < 4.78 is 37.8. The molecular weight excluding hydrogens is 265 g/mol. The Balaban J connectivity index is 2.05. The Bertz CT molecular complexity index is 518. The minimum absolute atomic E-state index is 0.230. The number of carbonyl (C=O) groups excluding carboxylic acids is 1. The van der Waals surface area contributed by atoms with Crippen LogP contribution in [0.15, 0.2) is 18.2 Å². The number of halogens is 3. The van der Waals surface area contributed by atoms with Crippen LogP contribution in [-0.2, 0) is 11.0 Å². The van der Waals surface area contributed by atoms with Crippen molar-refractivity contribution in [1.29, 1.82) is 0 Å². The molecule has 0 aliphatic carbocycles. The molecule has 0 radical (unpaired) electrons. The molecule has 1 N–H and O–H groups in total. The summed E-state index contributed by atoms with van der Waals surface area (Å²) in [6.45, 7) is 0. The van der Waals surface area contributed by atoms with Gasteiger partial charge in [-0.05, 0) is 18.2 Å². The van der Waals surface area contributed by atoms with Crippen LogP contribution in [0.4, 0.5) is 24.5 Å². The van der Waals surface area contributed by atoms with Crippen LogP contribution in [0.1, 0.15) is 5.56 Å². The van der Waals surface area contributed by atoms with E-state index in [9.17, 15) is 18.0 Å². The SMILES string of the molecule is O=C1Nc2cc(C(F)(F)F)ccc2N2CSC[C@H]12. The highest BCUT2D eigenvalue weighted by Crippen LogP contribution is 2.40. The first-order valence-electron chi connectivity index (χ1n) is 5.33. The Labute approximate surface area is 105 Å². The lowest BCUT2D eigenvalue weighted by Crippen LogP contribution is -2.45. The molecule has 7 heteroatoms. The predicted molar refractivity (Wildman–Crippen MR) is 63.7 cm³/mol. The molecule has 0 bridgehead atoms. The van der Waals surface area contributed by atoms with Gasteiger partial charge in [0.25, 0.3) is 0 Å². The Kier molecular flexibility index (Phi) is 2.48. The highest BCUT2D eigenvalue weighted by Gasteiger charge is 2.38. The maximum absolute atomic E-state index is 12.6. The maximum atomic E-state index is 12.6. The Hall–Kier alpha value is -1.37. The van der Waals surface area contributed by atoms with Gasteiger partial charge in [-0.1, -0.05) is 0 Å².